The van der Waals surface area contributed by atoms with Gasteiger partial charge in [0, 0.05) is 5.30 Å². The third-order valence-electron chi connectivity index (χ3n) is 3.30. The molecule has 1 unspecified atom stereocenters. The van der Waals surface area contributed by atoms with E-state index < -0.39 is 0 Å². The maximum absolute atomic E-state index is 10.2. The zero-order chi connectivity index (χ0) is 16.7. The van der Waals surface area contributed by atoms with Gasteiger partial charge in [0.25, 0.3) is 0 Å². The number of phenolic OH excluding ortho intramolecular Hbond substituents is 1. The minimum absolute atomic E-state index is 0.425. The van der Waals surface area contributed by atoms with Crippen LogP contribution >= 0.6 is 17.9 Å². The topological polar surface area (TPSA) is 34.3 Å². The van der Waals surface area contributed by atoms with Gasteiger partial charge in [-0.2, -0.15) is 7.05 Å². The van der Waals surface area contributed by atoms with E-state index in [0.717, 1.165) is 17.4 Å². The van der Waals surface area contributed by atoms with Crippen molar-refractivity contribution in [3.8, 4) is 5.75 Å². The molecule has 0 radical (unpaired) electrons. The van der Waals surface area contributed by atoms with Crippen LogP contribution < -0.4 is 10.6 Å². The summed E-state index contributed by atoms with van der Waals surface area (Å²) < 4.78 is 0. The van der Waals surface area contributed by atoms with Gasteiger partial charge in [-0.25, -0.2) is 0 Å². The molecule has 2 rings (SSSR count). The van der Waals surface area contributed by atoms with Gasteiger partial charge in [-0.05, 0) is 43.3 Å². The van der Waals surface area contributed by atoms with Gasteiger partial charge in [-0.15, -0.1) is 6.54 Å². The Morgan fingerprint density at radius 2 is 1.73 bits per heavy atom. The van der Waals surface area contributed by atoms with Crippen LogP contribution in [-0.2, 0) is 25.9 Å². The van der Waals surface area contributed by atoms with Crippen LogP contribution in [0.4, 0.5) is 0 Å². The fourth-order valence-corrected chi connectivity index (χ4v) is 3.73. The van der Waals surface area contributed by atoms with E-state index in [9.17, 15) is 5.11 Å². The van der Waals surface area contributed by atoms with E-state index in [4.69, 9.17) is 0 Å². The number of halogens is 1. The second-order valence-corrected chi connectivity index (χ2v) is 6.57. The molecule has 2 aromatic rings. The maximum atomic E-state index is 10.2. The Kier molecular flexibility index (Phi) is 8.68. The summed E-state index contributed by atoms with van der Waals surface area (Å²) in [4.78, 5) is 0. The number of aryl methyl sites for hydroxylation is 3. The summed E-state index contributed by atoms with van der Waals surface area (Å²) in [5.74, 6) is 0.425. The van der Waals surface area contributed by atoms with E-state index in [2.05, 4.69) is 52.7 Å². The van der Waals surface area contributed by atoms with Crippen molar-refractivity contribution < 1.29 is 24.5 Å². The normalized spacial score (nSPS) is 10.5. The first-order valence-electron chi connectivity index (χ1n) is 6.92. The summed E-state index contributed by atoms with van der Waals surface area (Å²) in [7, 11) is 6.94. The molecule has 0 fully saturated rings. The molecule has 1 N–H and O–H groups in total. The summed E-state index contributed by atoms with van der Waals surface area (Å²) in [6.45, 7) is 6.85. The van der Waals surface area contributed by atoms with Crippen LogP contribution in [0.25, 0.3) is 5.32 Å². The van der Waals surface area contributed by atoms with Crippen molar-refractivity contribution in [2.24, 2.45) is 0 Å². The molecule has 2 aromatic carbocycles. The van der Waals surface area contributed by atoms with E-state index in [0.29, 0.717) is 14.3 Å². The van der Waals surface area contributed by atoms with E-state index >= 15 is 0 Å². The van der Waals surface area contributed by atoms with Crippen molar-refractivity contribution in [2.75, 3.05) is 7.05 Å². The Morgan fingerprint density at radius 1 is 1.05 bits per heavy atom. The van der Waals surface area contributed by atoms with Crippen molar-refractivity contribution in [1.29, 1.82) is 0 Å². The van der Waals surface area contributed by atoms with E-state index in [1.165, 1.54) is 41.4 Å². The number of phenols is 1. The van der Waals surface area contributed by atoms with Crippen molar-refractivity contribution in [1.82, 2.24) is 0 Å². The van der Waals surface area contributed by atoms with Crippen LogP contribution in [0.2, 0.25) is 0 Å². The van der Waals surface area contributed by atoms with Crippen molar-refractivity contribution in [3.63, 3.8) is 0 Å². The average Bonchev–Trinajstić information content (AvgIpc) is 2.49. The number of hydrogen-bond acceptors (Lipinski definition) is 1. The Bertz CT molecular complexity index is 634. The third-order valence-corrected chi connectivity index (χ3v) is 4.71. The zero-order valence-electron chi connectivity index (χ0n) is 13.4. The van der Waals surface area contributed by atoms with Gasteiger partial charge < -0.3 is 10.4 Å². The molecule has 0 saturated carbocycles. The van der Waals surface area contributed by atoms with Crippen LogP contribution in [0.15, 0.2) is 30.3 Å². The van der Waals surface area contributed by atoms with E-state index in [-0.39, 0.29) is 0 Å². The summed E-state index contributed by atoms with van der Waals surface area (Å²) in [5.41, 5.74) is 4.64. The summed E-state index contributed by atoms with van der Waals surface area (Å²) in [5, 5.41) is 16.8. The predicted molar refractivity (Wildman–Crippen MR) is 95.2 cm³/mol. The molecule has 0 aliphatic heterocycles. The first kappa shape index (κ1) is 19.7. The van der Waals surface area contributed by atoms with Crippen LogP contribution in [0.1, 0.15) is 22.3 Å². The molecular weight excluding hydrogens is 348 g/mol. The van der Waals surface area contributed by atoms with Gasteiger partial charge in [0.1, 0.15) is 5.75 Å². The van der Waals surface area contributed by atoms with Gasteiger partial charge in [-0.1, -0.05) is 44.0 Å². The second-order valence-electron chi connectivity index (χ2n) is 5.24. The Morgan fingerprint density at radius 3 is 2.36 bits per heavy atom. The van der Waals surface area contributed by atoms with Crippen LogP contribution in [0.3, 0.4) is 0 Å². The molecule has 0 heterocycles. The minimum atomic E-state index is 0.425. The molecule has 2 nitrogen and oxygen atoms in total. The number of rotatable bonds is 4. The monoisotopic (exact) mass is 369 g/mol. The molecule has 116 valence electrons. The SMILES string of the molecule is C[N-]Cc1cc(C)ccc1Pc1cc(C)cc(C)c1O.[Cl][Ti+]. The number of nitrogens with zero attached hydrogens (tertiary/aromatic N) is 1. The summed E-state index contributed by atoms with van der Waals surface area (Å²) in [6.07, 6.45) is 0. The van der Waals surface area contributed by atoms with Crippen LogP contribution in [0.5, 0.6) is 5.75 Å². The quantitative estimate of drug-likeness (QED) is 0.638. The molecule has 1 atom stereocenters. The molecule has 0 aliphatic carbocycles. The average molecular weight is 370 g/mol. The molecule has 0 spiro atoms. The van der Waals surface area contributed by atoms with E-state index in [1.54, 1.807) is 0 Å². The molecular formula is C17H21ClNOPTi. The molecule has 0 aliphatic rings. The van der Waals surface area contributed by atoms with Crippen molar-refractivity contribution >= 4 is 28.5 Å². The number of hydrogen-bond donors (Lipinski definition) is 1. The van der Waals surface area contributed by atoms with E-state index in [1.807, 2.05) is 20.0 Å². The summed E-state index contributed by atoms with van der Waals surface area (Å²) >= 11 is 1.47. The van der Waals surface area contributed by atoms with Gasteiger partial charge >= 0.3 is 28.7 Å². The summed E-state index contributed by atoms with van der Waals surface area (Å²) in [6, 6.07) is 10.6. The van der Waals surface area contributed by atoms with Crippen molar-refractivity contribution in [2.45, 2.75) is 27.3 Å². The van der Waals surface area contributed by atoms with Gasteiger partial charge in [0.2, 0.25) is 0 Å². The van der Waals surface area contributed by atoms with Crippen LogP contribution in [0, 0.1) is 20.8 Å². The molecule has 0 saturated heterocycles. The molecule has 0 bridgehead atoms. The van der Waals surface area contributed by atoms with Crippen LogP contribution in [-0.4, -0.2) is 12.2 Å². The van der Waals surface area contributed by atoms with Crippen molar-refractivity contribution in [3.05, 3.63) is 57.9 Å². The molecule has 0 aromatic heterocycles. The second kappa shape index (κ2) is 9.70. The Hall–Kier alpha value is -0.366. The van der Waals surface area contributed by atoms with Gasteiger partial charge in [-0.3, -0.25) is 0 Å². The first-order chi connectivity index (χ1) is 10.5. The number of benzene rings is 2. The molecule has 0 amide bonds. The zero-order valence-corrected chi connectivity index (χ0v) is 16.7. The molecule has 22 heavy (non-hydrogen) atoms. The number of aromatic hydroxyl groups is 1. The van der Waals surface area contributed by atoms with Gasteiger partial charge in [0.15, 0.2) is 0 Å². The third kappa shape index (κ3) is 5.37. The Balaban J connectivity index is 0.00000116. The predicted octanol–water partition coefficient (Wildman–Crippen LogP) is 4.14. The first-order valence-corrected chi connectivity index (χ1v) is 10.1. The standard InChI is InChI=1S/C17H21NOP.ClH.Ti/c1-11-5-6-15(14(8-11)10-18-4)20-16-9-12(2)7-13(3)17(16)19;;/h5-9,19-20H,10H2,1-4H3;1H;/q-1;;+2/p-1. The fraction of sp³-hybridized carbons (Fsp3) is 0.294. The molecule has 5 heteroatoms. The van der Waals surface area contributed by atoms with Gasteiger partial charge in [0.05, 0.1) is 0 Å². The fourth-order valence-electron chi connectivity index (χ4n) is 2.35. The Labute approximate surface area is 150 Å².